The van der Waals surface area contributed by atoms with Crippen LogP contribution in [0, 0.1) is 0 Å². The van der Waals surface area contributed by atoms with E-state index < -0.39 is 26.5 Å². The minimum absolute atomic E-state index is 0.0275. The van der Waals surface area contributed by atoms with Crippen LogP contribution in [-0.4, -0.2) is 70.0 Å². The zero-order valence-electron chi connectivity index (χ0n) is 38.1. The Labute approximate surface area is 352 Å². The van der Waals surface area contributed by atoms with Crippen molar-refractivity contribution in [3.8, 4) is 0 Å². The van der Waals surface area contributed by atoms with Gasteiger partial charge in [0.15, 0.2) is 6.10 Å². The molecule has 0 aliphatic carbocycles. The van der Waals surface area contributed by atoms with Gasteiger partial charge in [-0.05, 0) is 38.5 Å². The highest BCUT2D eigenvalue weighted by molar-refractivity contribution is 7.45. The molecular formula is C47H92NO8P. The minimum atomic E-state index is -4.62. The summed E-state index contributed by atoms with van der Waals surface area (Å²) < 4.78 is 34.0. The molecule has 0 bridgehead atoms. The third-order valence-corrected chi connectivity index (χ3v) is 11.5. The number of phosphoric ester groups is 1. The van der Waals surface area contributed by atoms with Crippen LogP contribution in [0.15, 0.2) is 12.2 Å². The highest BCUT2D eigenvalue weighted by atomic mass is 31.2. The molecule has 2 atom stereocenters. The van der Waals surface area contributed by atoms with E-state index in [4.69, 9.17) is 18.5 Å². The third-order valence-electron chi connectivity index (χ3n) is 10.5. The Hall–Kier alpha value is -1.25. The number of carbonyl (C=O) groups excluding carboxylic acids is 2. The average Bonchev–Trinajstić information content (AvgIpc) is 3.16. The van der Waals surface area contributed by atoms with Crippen molar-refractivity contribution in [1.82, 2.24) is 0 Å². The molecule has 0 aliphatic heterocycles. The fraction of sp³-hybridized carbons (Fsp3) is 0.915. The summed E-state index contributed by atoms with van der Waals surface area (Å²) in [4.78, 5) is 37.6. The first-order chi connectivity index (χ1) is 27.5. The van der Waals surface area contributed by atoms with Crippen molar-refractivity contribution in [1.29, 1.82) is 0 Å². The number of unbranched alkanes of at least 4 members (excludes halogenated alkanes) is 28. The maximum Gasteiger partial charge on any atom is 0.306 e. The maximum atomic E-state index is 12.7. The van der Waals surface area contributed by atoms with Gasteiger partial charge in [0.05, 0.1) is 27.7 Å². The van der Waals surface area contributed by atoms with Crippen LogP contribution >= 0.6 is 7.82 Å². The van der Waals surface area contributed by atoms with Gasteiger partial charge in [0.1, 0.15) is 19.8 Å². The van der Waals surface area contributed by atoms with Crippen LogP contribution in [0.25, 0.3) is 0 Å². The number of hydrogen-bond acceptors (Lipinski definition) is 8. The van der Waals surface area contributed by atoms with E-state index in [1.807, 2.05) is 21.1 Å². The quantitative estimate of drug-likeness (QED) is 0.0196. The molecule has 0 N–H and O–H groups in total. The first-order valence-corrected chi connectivity index (χ1v) is 25.4. The van der Waals surface area contributed by atoms with Gasteiger partial charge in [0.2, 0.25) is 0 Å². The molecule has 57 heavy (non-hydrogen) atoms. The standard InChI is InChI=1S/C47H92NO8P/c1-6-8-10-12-14-16-18-20-21-22-23-24-25-26-27-28-30-32-34-36-38-40-47(50)56-45(44-55-57(51,52)54-42-41-48(3,4)5)43-53-46(49)39-37-35-33-31-29-19-17-15-13-11-9-7-2/h20-21,45H,6-19,22-44H2,1-5H3/b21-20-/t45-/m1/s1. The zero-order chi connectivity index (χ0) is 42.1. The maximum absolute atomic E-state index is 12.7. The predicted molar refractivity (Wildman–Crippen MR) is 236 cm³/mol. The smallest absolute Gasteiger partial charge is 0.306 e. The van der Waals surface area contributed by atoms with Gasteiger partial charge in [-0.2, -0.15) is 0 Å². The first-order valence-electron chi connectivity index (χ1n) is 23.9. The van der Waals surface area contributed by atoms with Crippen LogP contribution in [0.4, 0.5) is 0 Å². The Bertz CT molecular complexity index is 985. The number of esters is 2. The average molecular weight is 830 g/mol. The van der Waals surface area contributed by atoms with Crippen LogP contribution in [0.1, 0.15) is 226 Å². The number of allylic oxidation sites excluding steroid dienone is 2. The van der Waals surface area contributed by atoms with E-state index in [0.717, 1.165) is 38.5 Å². The van der Waals surface area contributed by atoms with Crippen LogP contribution in [0.3, 0.4) is 0 Å². The van der Waals surface area contributed by atoms with Crippen LogP contribution in [0.2, 0.25) is 0 Å². The Morgan fingerprint density at radius 1 is 0.526 bits per heavy atom. The summed E-state index contributed by atoms with van der Waals surface area (Å²) in [5.41, 5.74) is 0. The van der Waals surface area contributed by atoms with E-state index in [-0.39, 0.29) is 32.0 Å². The van der Waals surface area contributed by atoms with E-state index in [1.54, 1.807) is 0 Å². The SMILES string of the molecule is CCCCCCCC/C=C\CCCCCCCCCCCCCC(=O)O[C@H](COC(=O)CCCCCCCCCCCCCC)COP(=O)([O-])OCC[N+](C)(C)C. The summed E-state index contributed by atoms with van der Waals surface area (Å²) in [6, 6.07) is 0. The third kappa shape index (κ3) is 44.1. The lowest BCUT2D eigenvalue weighted by atomic mass is 10.0. The molecule has 0 aromatic rings. The van der Waals surface area contributed by atoms with Crippen LogP contribution < -0.4 is 4.89 Å². The molecule has 0 amide bonds. The molecule has 0 saturated heterocycles. The van der Waals surface area contributed by atoms with E-state index in [1.165, 1.54) is 154 Å². The molecule has 0 fully saturated rings. The van der Waals surface area contributed by atoms with E-state index >= 15 is 0 Å². The lowest BCUT2D eigenvalue weighted by Crippen LogP contribution is -2.37. The summed E-state index contributed by atoms with van der Waals surface area (Å²) >= 11 is 0. The lowest BCUT2D eigenvalue weighted by molar-refractivity contribution is -0.870. The van der Waals surface area contributed by atoms with Gasteiger partial charge in [0.25, 0.3) is 7.82 Å². The van der Waals surface area contributed by atoms with Gasteiger partial charge in [-0.25, -0.2) is 0 Å². The van der Waals surface area contributed by atoms with Gasteiger partial charge in [-0.3, -0.25) is 14.2 Å². The molecule has 338 valence electrons. The molecule has 9 nitrogen and oxygen atoms in total. The molecule has 0 saturated carbocycles. The Balaban J connectivity index is 4.23. The van der Waals surface area contributed by atoms with Crippen molar-refractivity contribution < 1.29 is 42.1 Å². The van der Waals surface area contributed by atoms with Crippen molar-refractivity contribution in [3.05, 3.63) is 12.2 Å². The molecule has 0 aromatic heterocycles. The molecule has 0 spiro atoms. The summed E-state index contributed by atoms with van der Waals surface area (Å²) in [5, 5.41) is 0. The molecule has 0 rings (SSSR count). The monoisotopic (exact) mass is 830 g/mol. The summed E-state index contributed by atoms with van der Waals surface area (Å²) in [6.07, 6.45) is 42.4. The number of ether oxygens (including phenoxy) is 2. The second kappa shape index (κ2) is 40.2. The van der Waals surface area contributed by atoms with Crippen LogP contribution in [-0.2, 0) is 32.7 Å². The van der Waals surface area contributed by atoms with Crippen molar-refractivity contribution in [3.63, 3.8) is 0 Å². The second-order valence-electron chi connectivity index (χ2n) is 17.5. The number of quaternary nitrogens is 1. The molecule has 0 heterocycles. The van der Waals surface area contributed by atoms with E-state index in [9.17, 15) is 19.0 Å². The topological polar surface area (TPSA) is 111 Å². The number of carbonyl (C=O) groups is 2. The number of hydrogen-bond donors (Lipinski definition) is 0. The van der Waals surface area contributed by atoms with Crippen molar-refractivity contribution in [2.24, 2.45) is 0 Å². The molecule has 0 aliphatic rings. The van der Waals surface area contributed by atoms with Gasteiger partial charge in [-0.15, -0.1) is 0 Å². The van der Waals surface area contributed by atoms with Gasteiger partial charge >= 0.3 is 11.9 Å². The summed E-state index contributed by atoms with van der Waals surface area (Å²) in [5.74, 6) is -0.824. The van der Waals surface area contributed by atoms with Crippen molar-refractivity contribution in [2.75, 3.05) is 47.5 Å². The highest BCUT2D eigenvalue weighted by Gasteiger charge is 2.21. The normalized spacial score (nSPS) is 13.6. The second-order valence-corrected chi connectivity index (χ2v) is 18.9. The Morgan fingerprint density at radius 2 is 0.895 bits per heavy atom. The fourth-order valence-electron chi connectivity index (χ4n) is 6.77. The molecule has 0 aromatic carbocycles. The lowest BCUT2D eigenvalue weighted by Gasteiger charge is -2.28. The van der Waals surface area contributed by atoms with Crippen molar-refractivity contribution in [2.45, 2.75) is 232 Å². The van der Waals surface area contributed by atoms with Gasteiger partial charge < -0.3 is 27.9 Å². The van der Waals surface area contributed by atoms with E-state index in [0.29, 0.717) is 17.4 Å². The van der Waals surface area contributed by atoms with Gasteiger partial charge in [0, 0.05) is 12.8 Å². The summed E-state index contributed by atoms with van der Waals surface area (Å²) in [6.45, 7) is 4.25. The number of nitrogens with zero attached hydrogens (tertiary/aromatic N) is 1. The number of phosphoric acid groups is 1. The number of likely N-dealkylation sites (N-methyl/N-ethyl adjacent to an activating group) is 1. The zero-order valence-corrected chi connectivity index (χ0v) is 38.9. The Morgan fingerprint density at radius 3 is 1.30 bits per heavy atom. The molecule has 0 radical (unpaired) electrons. The van der Waals surface area contributed by atoms with Gasteiger partial charge in [-0.1, -0.05) is 187 Å². The van der Waals surface area contributed by atoms with Crippen LogP contribution in [0.5, 0.6) is 0 Å². The highest BCUT2D eigenvalue weighted by Crippen LogP contribution is 2.38. The van der Waals surface area contributed by atoms with E-state index in [2.05, 4.69) is 26.0 Å². The predicted octanol–water partition coefficient (Wildman–Crippen LogP) is 13.1. The fourth-order valence-corrected chi connectivity index (χ4v) is 7.50. The molecular weight excluding hydrogens is 737 g/mol. The summed E-state index contributed by atoms with van der Waals surface area (Å²) in [7, 11) is 1.18. The van der Waals surface area contributed by atoms with Crippen molar-refractivity contribution >= 4 is 19.8 Å². The Kier molecular flexibility index (Phi) is 39.3. The number of rotatable bonds is 44. The molecule has 1 unspecified atom stereocenters. The largest absolute Gasteiger partial charge is 0.756 e. The first kappa shape index (κ1) is 55.8. The molecule has 10 heteroatoms. The minimum Gasteiger partial charge on any atom is -0.756 e.